The van der Waals surface area contributed by atoms with Crippen molar-refractivity contribution in [3.63, 3.8) is 0 Å². The smallest absolute Gasteiger partial charge is 0.306 e. The summed E-state index contributed by atoms with van der Waals surface area (Å²) in [6.45, 7) is 12.0. The zero-order chi connectivity index (χ0) is 103. The minimum atomic E-state index is -5.65. The van der Waals surface area contributed by atoms with Crippen molar-refractivity contribution >= 4 is 82.2 Å². The summed E-state index contributed by atoms with van der Waals surface area (Å²) in [5.74, 6) is 3.38. The molecule has 2 atom stereocenters. The van der Waals surface area contributed by atoms with Gasteiger partial charge in [-0.15, -0.1) is 6.58 Å². The first-order chi connectivity index (χ1) is 66.7. The van der Waals surface area contributed by atoms with E-state index in [0.717, 1.165) is 136 Å². The molecule has 0 saturated heterocycles. The predicted octanol–water partition coefficient (Wildman–Crippen LogP) is 18.8. The first kappa shape index (κ1) is 118. The molecule has 0 fully saturated rings. The monoisotopic (exact) mass is 2010 g/mol. The van der Waals surface area contributed by atoms with E-state index in [2.05, 4.69) is 68.7 Å². The number of rotatable bonds is 37. The van der Waals surface area contributed by atoms with Gasteiger partial charge in [0.15, 0.2) is 6.29 Å². The number of benzene rings is 9. The van der Waals surface area contributed by atoms with Crippen LogP contribution < -0.4 is 41.8 Å². The number of halogens is 3. The molecular formula is C109H131F3O25SSe. The molecular weight excluding hydrogens is 1880 g/mol. The average molecular weight is 2010 g/mol. The average Bonchev–Trinajstić information content (AvgIpc) is 1.70. The van der Waals surface area contributed by atoms with Crippen molar-refractivity contribution < 1.29 is 131 Å². The number of esters is 4. The van der Waals surface area contributed by atoms with Crippen molar-refractivity contribution in [2.75, 3.05) is 78.2 Å². The van der Waals surface area contributed by atoms with Gasteiger partial charge in [0.1, 0.15) is 69.6 Å². The molecule has 750 valence electrons. The fourth-order valence-electron chi connectivity index (χ4n) is 14.3. The summed E-state index contributed by atoms with van der Waals surface area (Å²) < 4.78 is 118. The van der Waals surface area contributed by atoms with Gasteiger partial charge in [0.2, 0.25) is 0 Å². The molecule has 11 rings (SSSR count). The number of hydrogen-bond acceptors (Lipinski definition) is 25. The van der Waals surface area contributed by atoms with Crippen LogP contribution in [0.2, 0.25) is 0 Å². The maximum Gasteiger partial charge on any atom is 0.306 e. The van der Waals surface area contributed by atoms with Crippen molar-refractivity contribution in [2.24, 2.45) is 11.8 Å². The SMILES string of the molecule is C=CCc1ccc(OC)cc1CCC.CCCc1cc(OC)ccc1C/C=C/C(=O)OC.CCCc1cc(OC)ccc1CC=O.CCCc1cc(OC)ccc1OS(=O)(=O)C(F)(F)F.COC(=O)/C=C/Cc1ccc(OC)cc1CCC(=O)[Se]c1ccccc1.COC(=O)CC1Cc2ccc(O)cc2CCC1=O.COC(=O)CC1Cc2ccc(OC)cc2CCC1=O.COc1ccc(O)c(C=O)c1. The molecule has 139 heavy (non-hydrogen) atoms. The van der Waals surface area contributed by atoms with Crippen molar-refractivity contribution in [3.05, 3.63) is 291 Å². The van der Waals surface area contributed by atoms with Crippen LogP contribution in [0.3, 0.4) is 0 Å². The quantitative estimate of drug-likeness (QED) is 0.00420. The summed E-state index contributed by atoms with van der Waals surface area (Å²) in [6, 6.07) is 53.3. The number of carbonyl (C=O) groups is 9. The molecule has 0 amide bonds. The standard InChI is InChI=1S/C21H22O4Se.C15H18O4.C15H20O3.C14H16O4.C13H18O.C12H16O2.C11H13F3O4S.C8H8O3/c1-24-18-13-11-16(7-6-10-20(22)25-2)17(15-18)12-14-21(23)26-19-8-4-3-5-9-19;1-18-13-5-3-10-7-12(9-15(17)19-2)14(16)6-4-11(10)8-13;1-4-6-13-11-14(17-2)10-9-12(13)7-5-8-15(16)18-3;1-18-14(17)8-11-6-9-2-4-12(15)7-10(9)3-5-13(11)16;1-4-6-11-8-9-13(14-3)10-12(11)7-5-2;1-3-4-11-9-12(14-2)6-5-10(11)7-8-13;1-3-4-8-7-9(17-2)5-6-10(8)18-19(15,16)11(12,13)14;1-11-7-2-3-8(10)6(4-7)5-9/h3-6,8-11,13,15H,7,12,14H2,1-2H3;3,5,8,12H,4,6-7,9H2,1-2H3;5,8-11H,4,6-7H2,1-3H3;2,4,7,11,15H,3,5-6,8H2,1H3;4,8-10H,1,5-7H2,2-3H3;5-6,8-9H,3-4,7H2,1-2H3;5-7H,3-4H2,1-2H3;2-5,10H,1H3/b10-6+;;8-5+;;;;;. The number of carbonyl (C=O) groups excluding carboxylic acids is 9. The van der Waals surface area contributed by atoms with Gasteiger partial charge in [0.25, 0.3) is 0 Å². The molecule has 9 aromatic carbocycles. The number of aryl methyl sites for hydroxylation is 7. The number of phenols is 2. The summed E-state index contributed by atoms with van der Waals surface area (Å²) in [6.07, 6.45) is 25.0. The second-order valence-corrected chi connectivity index (χ2v) is 35.2. The van der Waals surface area contributed by atoms with Crippen LogP contribution in [0.25, 0.3) is 0 Å². The number of aldehydes is 2. The first-order valence-electron chi connectivity index (χ1n) is 45.3. The topological polar surface area (TPSA) is 339 Å². The molecule has 2 unspecified atom stereocenters. The van der Waals surface area contributed by atoms with Gasteiger partial charge < -0.3 is 61.8 Å². The summed E-state index contributed by atoms with van der Waals surface area (Å²) in [7, 11) is 10.9. The Balaban J connectivity index is 0.000000335. The number of allylic oxidation sites excluding steroid dienone is 3. The number of methoxy groups -OCH3 is 11. The third-order valence-electron chi connectivity index (χ3n) is 21.7. The van der Waals surface area contributed by atoms with Crippen LogP contribution in [0.5, 0.6) is 57.5 Å². The number of alkyl halides is 3. The molecule has 2 aliphatic carbocycles. The number of aromatic hydroxyl groups is 2. The fourth-order valence-corrected chi connectivity index (χ4v) is 16.4. The van der Waals surface area contributed by atoms with E-state index in [1.807, 2.05) is 128 Å². The number of ether oxygens (including phenoxy) is 11. The van der Waals surface area contributed by atoms with Crippen LogP contribution in [-0.4, -0.2) is 170 Å². The normalized spacial score (nSPS) is 12.7. The van der Waals surface area contributed by atoms with Crippen molar-refractivity contribution in [2.45, 2.75) is 174 Å². The van der Waals surface area contributed by atoms with Gasteiger partial charge in [-0.25, -0.2) is 4.79 Å². The summed E-state index contributed by atoms with van der Waals surface area (Å²) in [5, 5.41) is 18.5. The van der Waals surface area contributed by atoms with E-state index >= 15 is 0 Å². The second kappa shape index (κ2) is 64.7. The Labute approximate surface area is 821 Å². The van der Waals surface area contributed by atoms with Crippen LogP contribution in [0.4, 0.5) is 13.2 Å². The van der Waals surface area contributed by atoms with E-state index in [9.17, 15) is 69.8 Å². The van der Waals surface area contributed by atoms with Crippen molar-refractivity contribution in [1.82, 2.24) is 0 Å². The number of phenolic OH excluding ortho intramolecular Hbond substituents is 2. The third kappa shape index (κ3) is 42.7. The Hall–Kier alpha value is -13.3. The van der Waals surface area contributed by atoms with Crippen LogP contribution in [-0.2, 0) is 151 Å². The molecule has 25 nitrogen and oxygen atoms in total. The molecule has 0 aromatic heterocycles. The number of Topliss-reactive ketones (excluding diaryl/α,β-unsaturated/α-hetero) is 2. The Bertz CT molecular complexity index is 5530. The summed E-state index contributed by atoms with van der Waals surface area (Å²) in [4.78, 5) is 102. The zero-order valence-electron chi connectivity index (χ0n) is 81.9. The summed E-state index contributed by atoms with van der Waals surface area (Å²) >= 11 is -0.162. The van der Waals surface area contributed by atoms with Gasteiger partial charge in [-0.1, -0.05) is 95.9 Å². The van der Waals surface area contributed by atoms with Gasteiger partial charge >= 0.3 is 194 Å². The predicted molar refractivity (Wildman–Crippen MR) is 531 cm³/mol. The van der Waals surface area contributed by atoms with E-state index in [0.29, 0.717) is 100 Å². The third-order valence-corrected chi connectivity index (χ3v) is 24.6. The molecule has 9 aromatic rings. The molecule has 30 heteroatoms. The molecule has 0 heterocycles. The largest absolute Gasteiger partial charge is 0.508 e. The molecule has 0 aliphatic heterocycles. The maximum absolute atomic E-state index is 12.3. The van der Waals surface area contributed by atoms with Gasteiger partial charge in [-0.2, -0.15) is 21.6 Å². The molecule has 2 aliphatic rings. The fraction of sp³-hybridized carbons (Fsp3) is 0.367. The molecule has 0 radical (unpaired) electrons. The van der Waals surface area contributed by atoms with Crippen LogP contribution in [0.1, 0.15) is 168 Å². The molecule has 0 saturated carbocycles. The van der Waals surface area contributed by atoms with E-state index in [-0.39, 0.29) is 103 Å². The summed E-state index contributed by atoms with van der Waals surface area (Å²) in [5.41, 5.74) is 9.14. The molecule has 0 bridgehead atoms. The Morgan fingerprint density at radius 2 is 0.799 bits per heavy atom. The van der Waals surface area contributed by atoms with Gasteiger partial charge in [-0.05, 0) is 222 Å². The number of fused-ring (bicyclic) bond motifs is 2. The van der Waals surface area contributed by atoms with Crippen LogP contribution in [0.15, 0.2) is 213 Å². The Morgan fingerprint density at radius 1 is 0.424 bits per heavy atom. The molecule has 0 spiro atoms. The van der Waals surface area contributed by atoms with Gasteiger partial charge in [0.05, 0.1) is 82.4 Å². The Kier molecular flexibility index (Phi) is 54.9. The van der Waals surface area contributed by atoms with Crippen LogP contribution in [0, 0.1) is 11.8 Å². The first-order valence-corrected chi connectivity index (χ1v) is 48.4. The number of hydrogen-bond donors (Lipinski definition) is 2. The number of ketones is 2. The minimum absolute atomic E-state index is 0.0270. The van der Waals surface area contributed by atoms with Crippen LogP contribution >= 0.6 is 0 Å². The van der Waals surface area contributed by atoms with Crippen molar-refractivity contribution in [1.29, 1.82) is 0 Å². The zero-order valence-corrected chi connectivity index (χ0v) is 84.5. The van der Waals surface area contributed by atoms with E-state index in [1.165, 1.54) is 107 Å². The van der Waals surface area contributed by atoms with E-state index in [1.54, 1.807) is 59.8 Å². The van der Waals surface area contributed by atoms with E-state index in [4.69, 9.17) is 38.3 Å². The Morgan fingerprint density at radius 3 is 1.20 bits per heavy atom. The second-order valence-electron chi connectivity index (χ2n) is 31.3. The minimum Gasteiger partial charge on any atom is -0.508 e. The van der Waals surface area contributed by atoms with E-state index < -0.39 is 15.6 Å². The molecule has 2 N–H and O–H groups in total. The maximum atomic E-state index is 12.3. The van der Waals surface area contributed by atoms with Gasteiger partial charge in [0, 0.05) is 37.2 Å². The van der Waals surface area contributed by atoms with Crippen molar-refractivity contribution in [3.8, 4) is 57.5 Å². The van der Waals surface area contributed by atoms with Gasteiger partial charge in [-0.3, -0.25) is 24.0 Å².